The van der Waals surface area contributed by atoms with Crippen LogP contribution in [0.15, 0.2) is 64.8 Å². The Hall–Kier alpha value is -3.31. The van der Waals surface area contributed by atoms with Crippen molar-refractivity contribution < 1.29 is 23.5 Å². The van der Waals surface area contributed by atoms with E-state index < -0.39 is 5.97 Å². The quantitative estimate of drug-likeness (QED) is 0.360. The van der Waals surface area contributed by atoms with Gasteiger partial charge in [0.15, 0.2) is 5.76 Å². The Bertz CT molecular complexity index is 1090. The highest BCUT2D eigenvalue weighted by Crippen LogP contribution is 2.35. The largest absolute Gasteiger partial charge is 0.462 e. The van der Waals surface area contributed by atoms with E-state index in [1.807, 2.05) is 6.92 Å². The molecule has 0 aliphatic carbocycles. The summed E-state index contributed by atoms with van der Waals surface area (Å²) >= 11 is 6.01. The smallest absolute Gasteiger partial charge is 0.345 e. The summed E-state index contributed by atoms with van der Waals surface area (Å²) in [5.41, 5.74) is 0.646. The van der Waals surface area contributed by atoms with Crippen LogP contribution in [0.25, 0.3) is 6.08 Å². The maximum absolute atomic E-state index is 12.4. The summed E-state index contributed by atoms with van der Waals surface area (Å²) in [6.07, 6.45) is 1.53. The van der Waals surface area contributed by atoms with Crippen molar-refractivity contribution in [3.63, 3.8) is 0 Å². The minimum atomic E-state index is -0.591. The zero-order chi connectivity index (χ0) is 19.0. The first kappa shape index (κ1) is 17.1. The SMILES string of the molecule is Cc1ccc(C=C2Oc3cc(OC(=O)c4ccccc4Cl)ccc3C2=O)o1. The first-order chi connectivity index (χ1) is 13.0. The molecule has 1 aliphatic heterocycles. The van der Waals surface area contributed by atoms with Gasteiger partial charge in [0.1, 0.15) is 23.0 Å². The third-order valence-corrected chi connectivity index (χ3v) is 4.31. The lowest BCUT2D eigenvalue weighted by atomic mass is 10.1. The number of allylic oxidation sites excluding steroid dienone is 1. The van der Waals surface area contributed by atoms with Crippen LogP contribution in [0.5, 0.6) is 11.5 Å². The van der Waals surface area contributed by atoms with E-state index in [-0.39, 0.29) is 22.9 Å². The standard InChI is InChI=1S/C21H13ClO5/c1-12-6-7-13(25-12)11-19-20(23)16-9-8-14(10-18(16)27-19)26-21(24)15-4-2-3-5-17(15)22/h2-11H,1H3. The van der Waals surface area contributed by atoms with Gasteiger partial charge in [-0.05, 0) is 43.3 Å². The van der Waals surface area contributed by atoms with Crippen LogP contribution in [0, 0.1) is 6.92 Å². The number of ketones is 1. The van der Waals surface area contributed by atoms with Crippen molar-refractivity contribution in [2.75, 3.05) is 0 Å². The predicted molar refractivity (Wildman–Crippen MR) is 99.2 cm³/mol. The molecular weight excluding hydrogens is 368 g/mol. The van der Waals surface area contributed by atoms with Gasteiger partial charge < -0.3 is 13.9 Å². The molecule has 1 aliphatic rings. The molecule has 0 bridgehead atoms. The molecule has 0 saturated heterocycles. The van der Waals surface area contributed by atoms with E-state index in [2.05, 4.69) is 0 Å². The van der Waals surface area contributed by atoms with E-state index >= 15 is 0 Å². The molecule has 0 unspecified atom stereocenters. The Morgan fingerprint density at radius 1 is 1.11 bits per heavy atom. The minimum absolute atomic E-state index is 0.147. The molecule has 3 aromatic rings. The summed E-state index contributed by atoms with van der Waals surface area (Å²) in [6, 6.07) is 14.7. The number of fused-ring (bicyclic) bond motifs is 1. The van der Waals surface area contributed by atoms with Crippen LogP contribution < -0.4 is 9.47 Å². The van der Waals surface area contributed by atoms with Crippen LogP contribution in [-0.2, 0) is 0 Å². The normalized spacial score (nSPS) is 14.1. The van der Waals surface area contributed by atoms with E-state index in [1.54, 1.807) is 42.5 Å². The first-order valence-corrected chi connectivity index (χ1v) is 8.50. The zero-order valence-corrected chi connectivity index (χ0v) is 14.9. The zero-order valence-electron chi connectivity index (χ0n) is 14.2. The fourth-order valence-corrected chi connectivity index (χ4v) is 2.89. The molecule has 1 aromatic heterocycles. The van der Waals surface area contributed by atoms with Crippen molar-refractivity contribution in [2.45, 2.75) is 6.92 Å². The van der Waals surface area contributed by atoms with Gasteiger partial charge in [0, 0.05) is 12.1 Å². The second-order valence-electron chi connectivity index (χ2n) is 5.92. The number of carbonyl (C=O) groups is 2. The summed E-state index contributed by atoms with van der Waals surface area (Å²) in [7, 11) is 0. The molecule has 0 atom stereocenters. The molecule has 4 rings (SSSR count). The molecular formula is C21H13ClO5. The molecule has 5 nitrogen and oxygen atoms in total. The third kappa shape index (κ3) is 3.37. The van der Waals surface area contributed by atoms with Crippen molar-refractivity contribution in [3.8, 4) is 11.5 Å². The van der Waals surface area contributed by atoms with E-state index in [1.165, 1.54) is 18.2 Å². The third-order valence-electron chi connectivity index (χ3n) is 3.98. The number of esters is 1. The van der Waals surface area contributed by atoms with Crippen molar-refractivity contribution in [3.05, 3.63) is 88.0 Å². The van der Waals surface area contributed by atoms with Gasteiger partial charge in [0.25, 0.3) is 0 Å². The highest BCUT2D eigenvalue weighted by Gasteiger charge is 2.28. The number of ether oxygens (including phenoxy) is 2. The van der Waals surface area contributed by atoms with Crippen molar-refractivity contribution in [1.82, 2.24) is 0 Å². The molecule has 6 heteroatoms. The second kappa shape index (κ2) is 6.78. The Kier molecular flexibility index (Phi) is 4.30. The van der Waals surface area contributed by atoms with Gasteiger partial charge in [-0.15, -0.1) is 0 Å². The highest BCUT2D eigenvalue weighted by molar-refractivity contribution is 6.33. The Labute approximate surface area is 159 Å². The van der Waals surface area contributed by atoms with E-state index in [4.69, 9.17) is 25.5 Å². The fraction of sp³-hybridized carbons (Fsp3) is 0.0476. The first-order valence-electron chi connectivity index (χ1n) is 8.13. The number of hydrogen-bond acceptors (Lipinski definition) is 5. The predicted octanol–water partition coefficient (Wildman–Crippen LogP) is 5.08. The average molecular weight is 381 g/mol. The second-order valence-corrected chi connectivity index (χ2v) is 6.32. The molecule has 0 radical (unpaired) electrons. The molecule has 2 aromatic carbocycles. The van der Waals surface area contributed by atoms with Crippen LogP contribution in [0.1, 0.15) is 32.2 Å². The summed E-state index contributed by atoms with van der Waals surface area (Å²) in [6.45, 7) is 1.81. The van der Waals surface area contributed by atoms with Crippen LogP contribution in [0.4, 0.5) is 0 Å². The number of carbonyl (C=O) groups excluding carboxylic acids is 2. The molecule has 0 fully saturated rings. The van der Waals surface area contributed by atoms with E-state index in [0.29, 0.717) is 22.1 Å². The number of hydrogen-bond donors (Lipinski definition) is 0. The van der Waals surface area contributed by atoms with Crippen molar-refractivity contribution >= 4 is 29.4 Å². The number of aryl methyl sites for hydroxylation is 1. The maximum Gasteiger partial charge on any atom is 0.345 e. The molecule has 0 spiro atoms. The number of rotatable bonds is 3. The number of halogens is 1. The Morgan fingerprint density at radius 3 is 2.67 bits per heavy atom. The molecule has 0 N–H and O–H groups in total. The highest BCUT2D eigenvalue weighted by atomic mass is 35.5. The maximum atomic E-state index is 12.4. The van der Waals surface area contributed by atoms with Crippen molar-refractivity contribution in [2.24, 2.45) is 0 Å². The van der Waals surface area contributed by atoms with Crippen molar-refractivity contribution in [1.29, 1.82) is 0 Å². The van der Waals surface area contributed by atoms with E-state index in [9.17, 15) is 9.59 Å². The van der Waals surface area contributed by atoms with Gasteiger partial charge in [0.05, 0.1) is 16.1 Å². The molecule has 0 saturated carbocycles. The van der Waals surface area contributed by atoms with Gasteiger partial charge in [-0.2, -0.15) is 0 Å². The minimum Gasteiger partial charge on any atom is -0.462 e. The van der Waals surface area contributed by atoms with Crippen LogP contribution in [0.3, 0.4) is 0 Å². The van der Waals surface area contributed by atoms with Crippen LogP contribution in [-0.4, -0.2) is 11.8 Å². The lowest BCUT2D eigenvalue weighted by molar-refractivity contribution is 0.0734. The Morgan fingerprint density at radius 2 is 1.93 bits per heavy atom. The molecule has 0 amide bonds. The monoisotopic (exact) mass is 380 g/mol. The lowest BCUT2D eigenvalue weighted by Gasteiger charge is -2.06. The number of benzene rings is 2. The fourth-order valence-electron chi connectivity index (χ4n) is 2.68. The van der Waals surface area contributed by atoms with Gasteiger partial charge in [-0.25, -0.2) is 4.79 Å². The topological polar surface area (TPSA) is 65.7 Å². The van der Waals surface area contributed by atoms with Gasteiger partial charge in [-0.1, -0.05) is 23.7 Å². The summed E-state index contributed by atoms with van der Waals surface area (Å²) in [5, 5.41) is 0.300. The molecule has 134 valence electrons. The molecule has 27 heavy (non-hydrogen) atoms. The van der Waals surface area contributed by atoms with Gasteiger partial charge >= 0.3 is 5.97 Å². The van der Waals surface area contributed by atoms with Gasteiger partial charge in [-0.3, -0.25) is 4.79 Å². The summed E-state index contributed by atoms with van der Waals surface area (Å²) < 4.78 is 16.4. The summed E-state index contributed by atoms with van der Waals surface area (Å²) in [4.78, 5) is 24.7. The lowest BCUT2D eigenvalue weighted by Crippen LogP contribution is -2.09. The van der Waals surface area contributed by atoms with Crippen LogP contribution in [0.2, 0.25) is 5.02 Å². The van der Waals surface area contributed by atoms with Crippen LogP contribution >= 0.6 is 11.6 Å². The van der Waals surface area contributed by atoms with Gasteiger partial charge in [0.2, 0.25) is 5.78 Å². The number of Topliss-reactive ketones (excluding diaryl/α,β-unsaturated/α-hetero) is 1. The molecule has 2 heterocycles. The Balaban J connectivity index is 1.57. The van der Waals surface area contributed by atoms with E-state index in [0.717, 1.165) is 5.76 Å². The summed E-state index contributed by atoms with van der Waals surface area (Å²) in [5.74, 6) is 1.12. The average Bonchev–Trinajstić information content (AvgIpc) is 3.19. The number of furan rings is 1.